The Morgan fingerprint density at radius 1 is 1.42 bits per heavy atom. The van der Waals surface area contributed by atoms with Crippen LogP contribution in [-0.2, 0) is 4.79 Å². The van der Waals surface area contributed by atoms with Gasteiger partial charge in [-0.2, -0.15) is 0 Å². The van der Waals surface area contributed by atoms with Crippen molar-refractivity contribution in [1.29, 1.82) is 0 Å². The highest BCUT2D eigenvalue weighted by Crippen LogP contribution is 2.22. The highest BCUT2D eigenvalue weighted by atomic mass is 79.9. The molecular weight excluding hydrogens is 317 g/mol. The molecule has 0 saturated heterocycles. The molecule has 0 fully saturated rings. The third kappa shape index (κ3) is 3.12. The van der Waals surface area contributed by atoms with Gasteiger partial charge in [-0.3, -0.25) is 4.79 Å². The molecule has 1 amide bonds. The first-order chi connectivity index (χ1) is 8.71. The van der Waals surface area contributed by atoms with Gasteiger partial charge in [-0.1, -0.05) is 0 Å². The SMILES string of the molecule is CCN(C(=O)c1ccc(F)c(Br)c1)C(C)(C)C(=O)O. The molecule has 0 heterocycles. The van der Waals surface area contributed by atoms with Crippen molar-refractivity contribution in [1.82, 2.24) is 4.90 Å². The van der Waals surface area contributed by atoms with Crippen LogP contribution in [0.3, 0.4) is 0 Å². The summed E-state index contributed by atoms with van der Waals surface area (Å²) in [5, 5.41) is 9.17. The molecule has 4 nitrogen and oxygen atoms in total. The lowest BCUT2D eigenvalue weighted by Crippen LogP contribution is -2.52. The summed E-state index contributed by atoms with van der Waals surface area (Å²) in [6.07, 6.45) is 0. The number of halogens is 2. The molecule has 0 aliphatic carbocycles. The molecule has 0 bridgehead atoms. The highest BCUT2D eigenvalue weighted by molar-refractivity contribution is 9.10. The highest BCUT2D eigenvalue weighted by Gasteiger charge is 2.37. The van der Waals surface area contributed by atoms with E-state index in [2.05, 4.69) is 15.9 Å². The van der Waals surface area contributed by atoms with Crippen molar-refractivity contribution in [3.05, 3.63) is 34.1 Å². The number of hydrogen-bond acceptors (Lipinski definition) is 2. The first-order valence-electron chi connectivity index (χ1n) is 5.72. The van der Waals surface area contributed by atoms with E-state index >= 15 is 0 Å². The molecule has 1 rings (SSSR count). The van der Waals surface area contributed by atoms with Gasteiger partial charge in [0.15, 0.2) is 0 Å². The second-order valence-electron chi connectivity index (χ2n) is 4.54. The minimum absolute atomic E-state index is 0.169. The van der Waals surface area contributed by atoms with Gasteiger partial charge in [0.2, 0.25) is 0 Å². The van der Waals surface area contributed by atoms with E-state index in [0.717, 1.165) is 0 Å². The van der Waals surface area contributed by atoms with Crippen LogP contribution in [0.5, 0.6) is 0 Å². The summed E-state index contributed by atoms with van der Waals surface area (Å²) in [6, 6.07) is 3.85. The summed E-state index contributed by atoms with van der Waals surface area (Å²) in [5.74, 6) is -2.02. The summed E-state index contributed by atoms with van der Waals surface area (Å²) >= 11 is 3.00. The Morgan fingerprint density at radius 3 is 2.42 bits per heavy atom. The maximum Gasteiger partial charge on any atom is 0.329 e. The Morgan fingerprint density at radius 2 is 2.00 bits per heavy atom. The normalized spacial score (nSPS) is 11.2. The van der Waals surface area contributed by atoms with E-state index in [1.54, 1.807) is 6.92 Å². The average Bonchev–Trinajstić information content (AvgIpc) is 2.32. The number of rotatable bonds is 4. The Balaban J connectivity index is 3.15. The molecule has 0 aromatic heterocycles. The number of nitrogens with zero attached hydrogens (tertiary/aromatic N) is 1. The van der Waals surface area contributed by atoms with Crippen LogP contribution in [0.2, 0.25) is 0 Å². The van der Waals surface area contributed by atoms with Crippen molar-refractivity contribution in [3.63, 3.8) is 0 Å². The summed E-state index contributed by atoms with van der Waals surface area (Å²) < 4.78 is 13.3. The first kappa shape index (κ1) is 15.6. The van der Waals surface area contributed by atoms with Gasteiger partial charge in [-0.15, -0.1) is 0 Å². The number of carboxylic acids is 1. The number of carboxylic acid groups (broad SMARTS) is 1. The number of carbonyl (C=O) groups excluding carboxylic acids is 1. The van der Waals surface area contributed by atoms with Crippen LogP contribution < -0.4 is 0 Å². The number of benzene rings is 1. The van der Waals surface area contributed by atoms with Gasteiger partial charge in [0, 0.05) is 12.1 Å². The van der Waals surface area contributed by atoms with E-state index in [0.29, 0.717) is 0 Å². The van der Waals surface area contributed by atoms with Crippen LogP contribution in [0.25, 0.3) is 0 Å². The van der Waals surface area contributed by atoms with Gasteiger partial charge >= 0.3 is 5.97 Å². The Hall–Kier alpha value is -1.43. The van der Waals surface area contributed by atoms with Crippen molar-refractivity contribution >= 4 is 27.8 Å². The van der Waals surface area contributed by atoms with Crippen LogP contribution in [0, 0.1) is 5.82 Å². The number of hydrogen-bond donors (Lipinski definition) is 1. The van der Waals surface area contributed by atoms with Crippen LogP contribution >= 0.6 is 15.9 Å². The Bertz CT molecular complexity index is 517. The molecule has 0 aliphatic heterocycles. The second kappa shape index (κ2) is 5.69. The predicted octanol–water partition coefficient (Wildman–Crippen LogP) is 2.91. The maximum absolute atomic E-state index is 13.1. The van der Waals surface area contributed by atoms with E-state index < -0.39 is 23.2 Å². The molecule has 1 aromatic carbocycles. The third-order valence-electron chi connectivity index (χ3n) is 2.93. The molecular formula is C13H15BrFNO3. The lowest BCUT2D eigenvalue weighted by molar-refractivity contribution is -0.147. The zero-order valence-corrected chi connectivity index (χ0v) is 12.5. The largest absolute Gasteiger partial charge is 0.480 e. The van der Waals surface area contributed by atoms with Crippen LogP contribution in [0.4, 0.5) is 4.39 Å². The van der Waals surface area contributed by atoms with Crippen molar-refractivity contribution in [2.24, 2.45) is 0 Å². The lowest BCUT2D eigenvalue weighted by atomic mass is 10.0. The summed E-state index contributed by atoms with van der Waals surface area (Å²) in [5.41, 5.74) is -1.09. The van der Waals surface area contributed by atoms with Crippen LogP contribution in [-0.4, -0.2) is 34.0 Å². The predicted molar refractivity (Wildman–Crippen MR) is 72.5 cm³/mol. The van der Waals surface area contributed by atoms with Crippen molar-refractivity contribution in [2.75, 3.05) is 6.54 Å². The fraction of sp³-hybridized carbons (Fsp3) is 0.385. The van der Waals surface area contributed by atoms with Crippen molar-refractivity contribution in [3.8, 4) is 0 Å². The number of aliphatic carboxylic acids is 1. The fourth-order valence-electron chi connectivity index (χ4n) is 1.69. The molecule has 1 aromatic rings. The van der Waals surface area contributed by atoms with Crippen molar-refractivity contribution < 1.29 is 19.1 Å². The molecule has 0 spiro atoms. The topological polar surface area (TPSA) is 57.6 Å². The van der Waals surface area contributed by atoms with Crippen LogP contribution in [0.1, 0.15) is 31.1 Å². The molecule has 6 heteroatoms. The molecule has 0 atom stereocenters. The number of amides is 1. The zero-order valence-electron chi connectivity index (χ0n) is 10.9. The van der Waals surface area contributed by atoms with Crippen molar-refractivity contribution in [2.45, 2.75) is 26.3 Å². The van der Waals surface area contributed by atoms with E-state index in [1.807, 2.05) is 0 Å². The van der Waals surface area contributed by atoms with Gasteiger partial charge in [-0.05, 0) is 54.9 Å². The lowest BCUT2D eigenvalue weighted by Gasteiger charge is -2.34. The maximum atomic E-state index is 13.1. The average molecular weight is 332 g/mol. The standard InChI is InChI=1S/C13H15BrFNO3/c1-4-16(13(2,3)12(18)19)11(17)8-5-6-10(15)9(14)7-8/h5-7H,4H2,1-3H3,(H,18,19). The second-order valence-corrected chi connectivity index (χ2v) is 5.40. The van der Waals surface area contributed by atoms with Gasteiger partial charge in [0.25, 0.3) is 5.91 Å². The number of likely N-dealkylation sites (N-methyl/N-ethyl adjacent to an activating group) is 1. The molecule has 0 aliphatic rings. The Labute approximate surface area is 119 Å². The molecule has 19 heavy (non-hydrogen) atoms. The molecule has 0 unspecified atom stereocenters. The quantitative estimate of drug-likeness (QED) is 0.922. The van der Waals surface area contributed by atoms with E-state index in [9.17, 15) is 19.1 Å². The first-order valence-corrected chi connectivity index (χ1v) is 6.51. The molecule has 0 radical (unpaired) electrons. The molecule has 104 valence electrons. The van der Waals surface area contributed by atoms with Gasteiger partial charge in [0.1, 0.15) is 11.4 Å². The van der Waals surface area contributed by atoms with E-state index in [1.165, 1.54) is 36.9 Å². The van der Waals surface area contributed by atoms with Gasteiger partial charge in [-0.25, -0.2) is 9.18 Å². The van der Waals surface area contributed by atoms with Gasteiger partial charge in [0.05, 0.1) is 4.47 Å². The zero-order chi connectivity index (χ0) is 14.8. The summed E-state index contributed by atoms with van der Waals surface area (Å²) in [6.45, 7) is 4.85. The molecule has 0 saturated carbocycles. The smallest absolute Gasteiger partial charge is 0.329 e. The minimum Gasteiger partial charge on any atom is -0.480 e. The minimum atomic E-state index is -1.33. The monoisotopic (exact) mass is 331 g/mol. The number of carbonyl (C=O) groups is 2. The fourth-order valence-corrected chi connectivity index (χ4v) is 2.07. The van der Waals surface area contributed by atoms with Crippen LogP contribution in [0.15, 0.2) is 22.7 Å². The van der Waals surface area contributed by atoms with E-state index in [-0.39, 0.29) is 16.6 Å². The molecule has 1 N–H and O–H groups in total. The summed E-state index contributed by atoms with van der Waals surface area (Å²) in [4.78, 5) is 24.8. The summed E-state index contributed by atoms with van der Waals surface area (Å²) in [7, 11) is 0. The van der Waals surface area contributed by atoms with Gasteiger partial charge < -0.3 is 10.0 Å². The van der Waals surface area contributed by atoms with E-state index in [4.69, 9.17) is 0 Å². The third-order valence-corrected chi connectivity index (χ3v) is 3.53. The Kier molecular flexibility index (Phi) is 4.68.